The lowest BCUT2D eigenvalue weighted by molar-refractivity contribution is 0.171. The van der Waals surface area contributed by atoms with Crippen molar-refractivity contribution >= 4 is 0 Å². The Morgan fingerprint density at radius 3 is 2.20 bits per heavy atom. The predicted octanol–water partition coefficient (Wildman–Crippen LogP) is 3.39. The van der Waals surface area contributed by atoms with Gasteiger partial charge in [-0.25, -0.2) is 0 Å². The highest BCUT2D eigenvalue weighted by Crippen LogP contribution is 2.34. The van der Waals surface area contributed by atoms with Gasteiger partial charge in [-0.1, -0.05) is 34.3 Å². The summed E-state index contributed by atoms with van der Waals surface area (Å²) in [5, 5.41) is 0. The molecule has 0 atom stereocenters. The Balaban J connectivity index is 0.00000112. The van der Waals surface area contributed by atoms with Crippen LogP contribution in [0.25, 0.3) is 0 Å². The third-order valence-corrected chi connectivity index (χ3v) is 2.41. The fourth-order valence-corrected chi connectivity index (χ4v) is 1.51. The van der Waals surface area contributed by atoms with Crippen molar-refractivity contribution in [2.75, 3.05) is 13.2 Å². The molecule has 0 unspecified atom stereocenters. The Labute approximate surface area is 92.2 Å². The van der Waals surface area contributed by atoms with Gasteiger partial charge in [-0.2, -0.15) is 0 Å². The van der Waals surface area contributed by atoms with Gasteiger partial charge in [0.05, 0.1) is 0 Å². The molecule has 0 aliphatic carbocycles. The van der Waals surface area contributed by atoms with Gasteiger partial charge in [0.1, 0.15) is 13.2 Å². The highest BCUT2D eigenvalue weighted by molar-refractivity contribution is 5.45. The number of benzene rings is 1. The van der Waals surface area contributed by atoms with E-state index in [-0.39, 0.29) is 12.8 Å². The molecule has 1 heterocycles. The van der Waals surface area contributed by atoms with E-state index in [4.69, 9.17) is 9.47 Å². The number of ether oxygens (including phenoxy) is 2. The van der Waals surface area contributed by atoms with E-state index in [1.807, 2.05) is 6.07 Å². The normalized spacial score (nSPS) is 14.3. The largest absolute Gasteiger partial charge is 0.486 e. The molecule has 0 saturated carbocycles. The summed E-state index contributed by atoms with van der Waals surface area (Å²) in [6.07, 6.45) is 0. The number of hydrogen-bond acceptors (Lipinski definition) is 2. The second kappa shape index (κ2) is 4.13. The average molecular weight is 208 g/mol. The maximum Gasteiger partial charge on any atom is 0.161 e. The fraction of sp³-hybridized carbons (Fsp3) is 0.538. The quantitative estimate of drug-likeness (QED) is 0.650. The summed E-state index contributed by atoms with van der Waals surface area (Å²) in [5.74, 6) is 1.74. The van der Waals surface area contributed by atoms with Crippen molar-refractivity contribution in [3.63, 3.8) is 0 Å². The van der Waals surface area contributed by atoms with Crippen molar-refractivity contribution in [1.29, 1.82) is 0 Å². The van der Waals surface area contributed by atoms with Crippen LogP contribution in [0.1, 0.15) is 33.8 Å². The summed E-state index contributed by atoms with van der Waals surface area (Å²) in [5.41, 5.74) is 1.44. The molecule has 0 aromatic heterocycles. The molecule has 0 bridgehead atoms. The van der Waals surface area contributed by atoms with Crippen molar-refractivity contribution in [2.45, 2.75) is 33.6 Å². The minimum Gasteiger partial charge on any atom is -0.486 e. The lowest BCUT2D eigenvalue weighted by Crippen LogP contribution is -2.17. The Kier molecular flexibility index (Phi) is 3.28. The molecular formula is C13H20O2. The zero-order valence-corrected chi connectivity index (χ0v) is 8.96. The first-order valence-electron chi connectivity index (χ1n) is 4.97. The van der Waals surface area contributed by atoms with Crippen molar-refractivity contribution < 1.29 is 9.47 Å². The predicted molar refractivity (Wildman–Crippen MR) is 62.9 cm³/mol. The van der Waals surface area contributed by atoms with Gasteiger partial charge in [-0.15, -0.1) is 0 Å². The van der Waals surface area contributed by atoms with E-state index in [2.05, 4.69) is 32.9 Å². The summed E-state index contributed by atoms with van der Waals surface area (Å²) in [7, 11) is 0. The molecule has 1 aromatic rings. The van der Waals surface area contributed by atoms with E-state index in [0.29, 0.717) is 13.2 Å². The van der Waals surface area contributed by atoms with E-state index >= 15 is 0 Å². The van der Waals surface area contributed by atoms with Gasteiger partial charge < -0.3 is 9.47 Å². The third-order valence-electron chi connectivity index (χ3n) is 2.41. The minimum atomic E-state index is 0. The van der Waals surface area contributed by atoms with Crippen molar-refractivity contribution in [2.24, 2.45) is 0 Å². The first-order valence-corrected chi connectivity index (χ1v) is 4.97. The molecular weight excluding hydrogens is 188 g/mol. The van der Waals surface area contributed by atoms with Gasteiger partial charge in [-0.05, 0) is 23.1 Å². The highest BCUT2D eigenvalue weighted by Gasteiger charge is 2.18. The van der Waals surface area contributed by atoms with Gasteiger partial charge >= 0.3 is 0 Å². The zero-order valence-electron chi connectivity index (χ0n) is 8.96. The Bertz CT molecular complexity index is 337. The van der Waals surface area contributed by atoms with Crippen LogP contribution in [0, 0.1) is 0 Å². The lowest BCUT2D eigenvalue weighted by atomic mass is 9.87. The van der Waals surface area contributed by atoms with Crippen LogP contribution >= 0.6 is 0 Å². The van der Waals surface area contributed by atoms with E-state index in [0.717, 1.165) is 11.5 Å². The standard InChI is InChI=1S/C12H16O2.CH4/c1-12(2,3)9-4-5-10-11(8-9)14-7-6-13-10;/h4-5,8H,6-7H2,1-3H3;1H4. The molecule has 0 spiro atoms. The smallest absolute Gasteiger partial charge is 0.161 e. The molecule has 0 fully saturated rings. The fourth-order valence-electron chi connectivity index (χ4n) is 1.51. The van der Waals surface area contributed by atoms with E-state index in [9.17, 15) is 0 Å². The molecule has 2 rings (SSSR count). The third kappa shape index (κ3) is 2.44. The Morgan fingerprint density at radius 1 is 1.00 bits per heavy atom. The summed E-state index contributed by atoms with van der Waals surface area (Å²) < 4.78 is 11.0. The molecule has 1 aliphatic heterocycles. The molecule has 0 saturated heterocycles. The molecule has 15 heavy (non-hydrogen) atoms. The summed E-state index contributed by atoms with van der Waals surface area (Å²) in [6, 6.07) is 6.18. The van der Waals surface area contributed by atoms with Crippen LogP contribution in [0.5, 0.6) is 11.5 Å². The SMILES string of the molecule is C.CC(C)(C)c1ccc2c(c1)OCCO2. The van der Waals surface area contributed by atoms with E-state index in [1.54, 1.807) is 0 Å². The maximum atomic E-state index is 5.53. The van der Waals surface area contributed by atoms with Crippen LogP contribution in [0.3, 0.4) is 0 Å². The molecule has 0 N–H and O–H groups in total. The first kappa shape index (κ1) is 11.9. The van der Waals surface area contributed by atoms with E-state index in [1.165, 1.54) is 5.56 Å². The maximum absolute atomic E-state index is 5.53. The molecule has 2 heteroatoms. The molecule has 84 valence electrons. The van der Waals surface area contributed by atoms with Crippen LogP contribution in [-0.4, -0.2) is 13.2 Å². The number of hydrogen-bond donors (Lipinski definition) is 0. The minimum absolute atomic E-state index is 0. The average Bonchev–Trinajstić information content (AvgIpc) is 2.16. The zero-order chi connectivity index (χ0) is 10.2. The lowest BCUT2D eigenvalue weighted by Gasteiger charge is -2.23. The molecule has 0 amide bonds. The van der Waals surface area contributed by atoms with Gasteiger partial charge in [0, 0.05) is 0 Å². The van der Waals surface area contributed by atoms with Crippen LogP contribution in [-0.2, 0) is 5.41 Å². The first-order chi connectivity index (χ1) is 6.57. The van der Waals surface area contributed by atoms with Crippen LogP contribution in [0.2, 0.25) is 0 Å². The van der Waals surface area contributed by atoms with Crippen molar-refractivity contribution in [1.82, 2.24) is 0 Å². The van der Waals surface area contributed by atoms with Gasteiger partial charge in [0.15, 0.2) is 11.5 Å². The van der Waals surface area contributed by atoms with Crippen LogP contribution in [0.15, 0.2) is 18.2 Å². The summed E-state index contributed by atoms with van der Waals surface area (Å²) in [6.45, 7) is 7.89. The van der Waals surface area contributed by atoms with Gasteiger partial charge in [0.25, 0.3) is 0 Å². The molecule has 0 radical (unpaired) electrons. The monoisotopic (exact) mass is 208 g/mol. The molecule has 1 aliphatic rings. The second-order valence-corrected chi connectivity index (χ2v) is 4.61. The Hall–Kier alpha value is -1.18. The van der Waals surface area contributed by atoms with E-state index < -0.39 is 0 Å². The highest BCUT2D eigenvalue weighted by atomic mass is 16.6. The Morgan fingerprint density at radius 2 is 1.60 bits per heavy atom. The summed E-state index contributed by atoms with van der Waals surface area (Å²) >= 11 is 0. The van der Waals surface area contributed by atoms with Crippen LogP contribution in [0.4, 0.5) is 0 Å². The van der Waals surface area contributed by atoms with Gasteiger partial charge in [0.2, 0.25) is 0 Å². The van der Waals surface area contributed by atoms with Crippen LogP contribution < -0.4 is 9.47 Å². The number of rotatable bonds is 0. The summed E-state index contributed by atoms with van der Waals surface area (Å²) in [4.78, 5) is 0. The molecule has 1 aromatic carbocycles. The number of fused-ring (bicyclic) bond motifs is 1. The molecule has 2 nitrogen and oxygen atoms in total. The topological polar surface area (TPSA) is 18.5 Å². The van der Waals surface area contributed by atoms with Gasteiger partial charge in [-0.3, -0.25) is 0 Å². The second-order valence-electron chi connectivity index (χ2n) is 4.61. The van der Waals surface area contributed by atoms with Crippen molar-refractivity contribution in [3.05, 3.63) is 23.8 Å². The van der Waals surface area contributed by atoms with Crippen molar-refractivity contribution in [3.8, 4) is 11.5 Å².